The molecule has 0 heterocycles. The molecule has 0 amide bonds. The Morgan fingerprint density at radius 3 is 1.88 bits per heavy atom. The van der Waals surface area contributed by atoms with E-state index < -0.39 is 0 Å². The van der Waals surface area contributed by atoms with E-state index in [1.807, 2.05) is 0 Å². The van der Waals surface area contributed by atoms with Crippen LogP contribution in [-0.4, -0.2) is 5.78 Å². The molecule has 0 aromatic carbocycles. The quantitative estimate of drug-likeness (QED) is 0.336. The van der Waals surface area contributed by atoms with E-state index in [1.165, 1.54) is 13.8 Å². The number of ketones is 1. The van der Waals surface area contributed by atoms with Crippen molar-refractivity contribution in [3.63, 3.8) is 0 Å². The van der Waals surface area contributed by atoms with Gasteiger partial charge in [0.05, 0.1) is 0 Å². The molecule has 49 valence electrons. The third-order valence-electron chi connectivity index (χ3n) is 0.407. The van der Waals surface area contributed by atoms with Crippen LogP contribution in [0.2, 0.25) is 0 Å². The molecule has 0 saturated heterocycles. The largest absolute Gasteiger partial charge is 0.876 e. The first kappa shape index (κ1) is 10.7. The molecule has 0 N–H and O–H groups in total. The molecule has 3 heteroatoms. The number of carbonyl (C=O) groups excluding carboxylic acids is 1. The molecule has 0 bridgehead atoms. The Morgan fingerprint density at radius 2 is 1.88 bits per heavy atom. The van der Waals surface area contributed by atoms with Gasteiger partial charge >= 0.3 is 0 Å². The summed E-state index contributed by atoms with van der Waals surface area (Å²) in [5.74, 6) is -0.375. The predicted octanol–water partition coefficient (Wildman–Crippen LogP) is -0.163. The molecule has 0 aliphatic heterocycles. The normalized spacial score (nSPS) is 10.0. The topological polar surface area (TPSA) is 40.1 Å². The van der Waals surface area contributed by atoms with E-state index in [9.17, 15) is 9.90 Å². The summed E-state index contributed by atoms with van der Waals surface area (Å²) < 4.78 is 0. The minimum absolute atomic E-state index is 0. The summed E-state index contributed by atoms with van der Waals surface area (Å²) in [6, 6.07) is 0. The molecule has 8 heavy (non-hydrogen) atoms. The van der Waals surface area contributed by atoms with E-state index in [1.54, 1.807) is 0 Å². The van der Waals surface area contributed by atoms with Crippen LogP contribution in [0.25, 0.3) is 0 Å². The summed E-state index contributed by atoms with van der Waals surface area (Å²) in [5.41, 5.74) is 0. The molecule has 1 radical (unpaired) electrons. The first-order valence-corrected chi connectivity index (χ1v) is 1.99. The van der Waals surface area contributed by atoms with E-state index in [2.05, 4.69) is 0 Å². The first-order chi connectivity index (χ1) is 3.13. The van der Waals surface area contributed by atoms with Gasteiger partial charge in [-0.25, -0.2) is 0 Å². The summed E-state index contributed by atoms with van der Waals surface area (Å²) in [5, 5.41) is 9.98. The van der Waals surface area contributed by atoms with Crippen LogP contribution in [0.1, 0.15) is 13.8 Å². The molecule has 0 fully saturated rings. The molecule has 2 nitrogen and oxygen atoms in total. The first-order valence-electron chi connectivity index (χ1n) is 1.99. The fourth-order valence-electron chi connectivity index (χ4n) is 0.286. The Bertz CT molecular complexity index is 103. The molecule has 0 spiro atoms. The number of hydrogen-bond donors (Lipinski definition) is 0. The van der Waals surface area contributed by atoms with E-state index >= 15 is 0 Å². The van der Waals surface area contributed by atoms with Crippen molar-refractivity contribution >= 4 is 5.78 Å². The Balaban J connectivity index is 0. The molecule has 0 unspecified atom stereocenters. The van der Waals surface area contributed by atoms with Gasteiger partial charge in [0.15, 0.2) is 5.78 Å². The van der Waals surface area contributed by atoms with Gasteiger partial charge in [-0.05, 0) is 13.0 Å². The van der Waals surface area contributed by atoms with Crippen LogP contribution in [0.15, 0.2) is 11.8 Å². The Morgan fingerprint density at radius 1 is 1.50 bits per heavy atom. The second kappa shape index (κ2) is 4.98. The van der Waals surface area contributed by atoms with Crippen LogP contribution in [0.4, 0.5) is 0 Å². The maximum Gasteiger partial charge on any atom is 0.151 e. The standard InChI is InChI=1S/C5H8O2.Rh/c1-4(6)3-5(2)7;/h3,6H,1-2H3;/p-1/b4-3-;. The average Bonchev–Trinajstić information content (AvgIpc) is 1.27. The maximum atomic E-state index is 9.98. The molecule has 0 aromatic heterocycles. The summed E-state index contributed by atoms with van der Waals surface area (Å²) in [6.45, 7) is 2.70. The zero-order valence-electron chi connectivity index (χ0n) is 4.73. The van der Waals surface area contributed by atoms with Crippen molar-refractivity contribution in [3.05, 3.63) is 11.8 Å². The van der Waals surface area contributed by atoms with Crippen molar-refractivity contribution in [1.29, 1.82) is 0 Å². The fourth-order valence-corrected chi connectivity index (χ4v) is 0.286. The second-order valence-corrected chi connectivity index (χ2v) is 1.37. The van der Waals surface area contributed by atoms with Crippen LogP contribution in [0.5, 0.6) is 0 Å². The summed E-state index contributed by atoms with van der Waals surface area (Å²) >= 11 is 0. The van der Waals surface area contributed by atoms with Crippen molar-refractivity contribution in [3.8, 4) is 0 Å². The molecule has 0 aromatic rings. The molecule has 0 aliphatic carbocycles. The Labute approximate surface area is 61.3 Å². The summed E-state index contributed by atoms with van der Waals surface area (Å²) in [7, 11) is 0. The van der Waals surface area contributed by atoms with Crippen LogP contribution in [0.3, 0.4) is 0 Å². The minimum Gasteiger partial charge on any atom is -0.876 e. The predicted molar refractivity (Wildman–Crippen MR) is 24.4 cm³/mol. The molecule has 0 atom stereocenters. The maximum absolute atomic E-state index is 9.98. The van der Waals surface area contributed by atoms with Gasteiger partial charge in [0.2, 0.25) is 0 Å². The van der Waals surface area contributed by atoms with Crippen molar-refractivity contribution in [2.24, 2.45) is 0 Å². The number of hydrogen-bond acceptors (Lipinski definition) is 2. The number of carbonyl (C=O) groups is 1. The van der Waals surface area contributed by atoms with Gasteiger partial charge < -0.3 is 5.11 Å². The van der Waals surface area contributed by atoms with Crippen molar-refractivity contribution < 1.29 is 29.4 Å². The monoisotopic (exact) mass is 202 g/mol. The number of allylic oxidation sites excluding steroid dienone is 2. The SMILES string of the molecule is CC(=O)/C=C(/C)[O-].[Rh]. The number of rotatable bonds is 1. The Hall–Kier alpha value is -0.167. The van der Waals surface area contributed by atoms with Gasteiger partial charge in [-0.1, -0.05) is 6.92 Å². The third-order valence-corrected chi connectivity index (χ3v) is 0.407. The van der Waals surface area contributed by atoms with Crippen LogP contribution in [0, 0.1) is 0 Å². The van der Waals surface area contributed by atoms with Crippen LogP contribution >= 0.6 is 0 Å². The van der Waals surface area contributed by atoms with Gasteiger partial charge in [-0.3, -0.25) is 4.79 Å². The van der Waals surface area contributed by atoms with Gasteiger partial charge in [0.25, 0.3) is 0 Å². The van der Waals surface area contributed by atoms with E-state index in [0.717, 1.165) is 6.08 Å². The summed E-state index contributed by atoms with van der Waals surface area (Å²) in [4.78, 5) is 9.98. The molecule has 0 saturated carbocycles. The van der Waals surface area contributed by atoms with Gasteiger partial charge in [-0.2, -0.15) is 0 Å². The van der Waals surface area contributed by atoms with Gasteiger partial charge in [0.1, 0.15) is 0 Å². The van der Waals surface area contributed by atoms with Crippen molar-refractivity contribution in [2.45, 2.75) is 13.8 Å². The fraction of sp³-hybridized carbons (Fsp3) is 0.400. The molecule has 0 rings (SSSR count). The minimum atomic E-state index is -0.187. The van der Waals surface area contributed by atoms with E-state index in [-0.39, 0.29) is 31.0 Å². The zero-order valence-corrected chi connectivity index (χ0v) is 6.37. The molecule has 0 aliphatic rings. The van der Waals surface area contributed by atoms with Gasteiger partial charge in [-0.15, -0.1) is 5.76 Å². The van der Waals surface area contributed by atoms with Crippen molar-refractivity contribution in [2.75, 3.05) is 0 Å². The van der Waals surface area contributed by atoms with Crippen LogP contribution in [-0.2, 0) is 24.3 Å². The van der Waals surface area contributed by atoms with Crippen LogP contribution < -0.4 is 5.11 Å². The smallest absolute Gasteiger partial charge is 0.151 e. The molecular weight excluding hydrogens is 195 g/mol. The third kappa shape index (κ3) is 9.27. The van der Waals surface area contributed by atoms with Gasteiger partial charge in [0, 0.05) is 19.5 Å². The van der Waals surface area contributed by atoms with E-state index in [4.69, 9.17) is 0 Å². The molecular formula is C5H7O2Rh-. The zero-order chi connectivity index (χ0) is 5.86. The van der Waals surface area contributed by atoms with E-state index in [0.29, 0.717) is 0 Å². The average molecular weight is 202 g/mol. The summed E-state index contributed by atoms with van der Waals surface area (Å²) in [6.07, 6.45) is 1.06. The Kier molecular flexibility index (Phi) is 6.69. The van der Waals surface area contributed by atoms with Crippen molar-refractivity contribution in [1.82, 2.24) is 0 Å². The second-order valence-electron chi connectivity index (χ2n) is 1.37.